The van der Waals surface area contributed by atoms with Crippen molar-refractivity contribution in [2.45, 2.75) is 175 Å². The maximum absolute atomic E-state index is 13.4. The Labute approximate surface area is 274 Å². The van der Waals surface area contributed by atoms with E-state index in [1.807, 2.05) is 13.8 Å². The number of esters is 1. The summed E-state index contributed by atoms with van der Waals surface area (Å²) >= 11 is 0. The van der Waals surface area contributed by atoms with E-state index >= 15 is 0 Å². The summed E-state index contributed by atoms with van der Waals surface area (Å²) in [6.45, 7) is 16.5. The van der Waals surface area contributed by atoms with E-state index in [0.717, 1.165) is 83.3 Å². The lowest BCUT2D eigenvalue weighted by molar-refractivity contribution is -0.162. The SMILES string of the molecule is CCC=CCC=CCCCCCC(CCCCCCC)C(C=O)OC(=O)C(C)(C)NC(=O)[C@H](CC(C)C)NC(=O)OC(C)(C)C. The summed E-state index contributed by atoms with van der Waals surface area (Å²) in [4.78, 5) is 51.3. The average molecular weight is 635 g/mol. The highest BCUT2D eigenvalue weighted by Gasteiger charge is 2.37. The molecule has 3 atom stereocenters. The Morgan fingerprint density at radius 3 is 1.96 bits per heavy atom. The number of alkyl carbamates (subject to hydrolysis) is 1. The molecule has 2 unspecified atom stereocenters. The van der Waals surface area contributed by atoms with Gasteiger partial charge >= 0.3 is 12.1 Å². The van der Waals surface area contributed by atoms with Crippen molar-refractivity contribution in [3.8, 4) is 0 Å². The number of hydrogen-bond acceptors (Lipinski definition) is 6. The molecule has 260 valence electrons. The third-order valence-corrected chi connectivity index (χ3v) is 7.47. The van der Waals surface area contributed by atoms with Crippen LogP contribution in [0.3, 0.4) is 0 Å². The van der Waals surface area contributed by atoms with Crippen LogP contribution in [0.25, 0.3) is 0 Å². The Balaban J connectivity index is 5.35. The average Bonchev–Trinajstić information content (AvgIpc) is 2.93. The second-order valence-electron chi connectivity index (χ2n) is 14.1. The molecule has 0 aliphatic carbocycles. The highest BCUT2D eigenvalue weighted by Crippen LogP contribution is 2.25. The molecule has 45 heavy (non-hydrogen) atoms. The molecule has 0 aromatic carbocycles. The van der Waals surface area contributed by atoms with E-state index in [0.29, 0.717) is 6.42 Å². The molecule has 0 aliphatic heterocycles. The minimum atomic E-state index is -1.41. The van der Waals surface area contributed by atoms with Gasteiger partial charge in [-0.3, -0.25) is 9.59 Å². The van der Waals surface area contributed by atoms with E-state index in [4.69, 9.17) is 9.47 Å². The number of unbranched alkanes of at least 4 members (excludes halogenated alkanes) is 7. The van der Waals surface area contributed by atoms with Crippen LogP contribution in [-0.4, -0.2) is 47.5 Å². The van der Waals surface area contributed by atoms with Crippen molar-refractivity contribution in [3.05, 3.63) is 24.3 Å². The number of nitrogens with one attached hydrogen (secondary N) is 2. The smallest absolute Gasteiger partial charge is 0.408 e. The monoisotopic (exact) mass is 634 g/mol. The van der Waals surface area contributed by atoms with Crippen molar-refractivity contribution in [1.82, 2.24) is 10.6 Å². The molecule has 8 heteroatoms. The number of amides is 2. The molecule has 0 radical (unpaired) electrons. The number of carbonyl (C=O) groups is 4. The topological polar surface area (TPSA) is 111 Å². The molecule has 8 nitrogen and oxygen atoms in total. The summed E-state index contributed by atoms with van der Waals surface area (Å²) in [5, 5.41) is 5.38. The molecule has 0 aromatic rings. The van der Waals surface area contributed by atoms with Crippen LogP contribution in [0.5, 0.6) is 0 Å². The van der Waals surface area contributed by atoms with Gasteiger partial charge in [-0.15, -0.1) is 0 Å². The fourth-order valence-electron chi connectivity index (χ4n) is 4.99. The summed E-state index contributed by atoms with van der Waals surface area (Å²) in [6, 6.07) is -0.896. The molecule has 0 heterocycles. The lowest BCUT2D eigenvalue weighted by Gasteiger charge is -2.31. The maximum Gasteiger partial charge on any atom is 0.408 e. The molecule has 0 saturated carbocycles. The van der Waals surface area contributed by atoms with Crippen LogP contribution in [0.1, 0.15) is 152 Å². The summed E-state index contributed by atoms with van der Waals surface area (Å²) in [5.74, 6) is -1.16. The van der Waals surface area contributed by atoms with Crippen molar-refractivity contribution in [1.29, 1.82) is 0 Å². The summed E-state index contributed by atoms with van der Waals surface area (Å²) in [5.41, 5.74) is -2.13. The predicted octanol–water partition coefficient (Wildman–Crippen LogP) is 8.77. The van der Waals surface area contributed by atoms with Gasteiger partial charge in [0.25, 0.3) is 0 Å². The third-order valence-electron chi connectivity index (χ3n) is 7.47. The van der Waals surface area contributed by atoms with Crippen molar-refractivity contribution in [3.63, 3.8) is 0 Å². The third kappa shape index (κ3) is 21.7. The van der Waals surface area contributed by atoms with Gasteiger partial charge in [0.1, 0.15) is 17.2 Å². The number of aldehydes is 1. The Bertz CT molecular complexity index is 903. The van der Waals surface area contributed by atoms with Gasteiger partial charge in [0.05, 0.1) is 0 Å². The van der Waals surface area contributed by atoms with Crippen LogP contribution in [0.4, 0.5) is 4.79 Å². The van der Waals surface area contributed by atoms with E-state index in [1.54, 1.807) is 34.6 Å². The second kappa shape index (κ2) is 23.7. The highest BCUT2D eigenvalue weighted by atomic mass is 16.6. The molecular weight excluding hydrogens is 568 g/mol. The molecule has 0 saturated heterocycles. The molecule has 0 bridgehead atoms. The number of rotatable bonds is 24. The van der Waals surface area contributed by atoms with Gasteiger partial charge in [0.15, 0.2) is 12.4 Å². The molecule has 0 aliphatic rings. The highest BCUT2D eigenvalue weighted by molar-refractivity contribution is 5.91. The maximum atomic E-state index is 13.4. The van der Waals surface area contributed by atoms with Crippen LogP contribution < -0.4 is 10.6 Å². The van der Waals surface area contributed by atoms with Gasteiger partial charge in [-0.05, 0) is 85.5 Å². The van der Waals surface area contributed by atoms with E-state index in [9.17, 15) is 19.2 Å². The normalized spacial score (nSPS) is 14.4. The zero-order valence-corrected chi connectivity index (χ0v) is 30.0. The first-order valence-corrected chi connectivity index (χ1v) is 17.4. The first kappa shape index (κ1) is 42.4. The lowest BCUT2D eigenvalue weighted by Crippen LogP contribution is -2.58. The molecule has 2 N–H and O–H groups in total. The zero-order valence-electron chi connectivity index (χ0n) is 30.0. The Morgan fingerprint density at radius 1 is 0.800 bits per heavy atom. The van der Waals surface area contributed by atoms with Crippen molar-refractivity contribution in [2.75, 3.05) is 0 Å². The first-order valence-electron chi connectivity index (χ1n) is 17.4. The van der Waals surface area contributed by atoms with Crippen LogP contribution in [0, 0.1) is 11.8 Å². The van der Waals surface area contributed by atoms with Crippen LogP contribution in [0.2, 0.25) is 0 Å². The van der Waals surface area contributed by atoms with Gasteiger partial charge in [-0.25, -0.2) is 9.59 Å². The van der Waals surface area contributed by atoms with E-state index < -0.39 is 41.3 Å². The largest absolute Gasteiger partial charge is 0.453 e. The quantitative estimate of drug-likeness (QED) is 0.0475. The first-order chi connectivity index (χ1) is 21.2. The van der Waals surface area contributed by atoms with Gasteiger partial charge in [0, 0.05) is 5.92 Å². The molecule has 0 spiro atoms. The van der Waals surface area contributed by atoms with E-state index in [2.05, 4.69) is 48.8 Å². The van der Waals surface area contributed by atoms with Crippen molar-refractivity contribution >= 4 is 24.3 Å². The van der Waals surface area contributed by atoms with Crippen LogP contribution in [-0.2, 0) is 23.9 Å². The number of allylic oxidation sites excluding steroid dienone is 4. The van der Waals surface area contributed by atoms with E-state index in [-0.39, 0.29) is 11.8 Å². The lowest BCUT2D eigenvalue weighted by atomic mass is 9.89. The minimum Gasteiger partial charge on any atom is -0.453 e. The molecule has 2 amide bonds. The van der Waals surface area contributed by atoms with Gasteiger partial charge in [-0.1, -0.05) is 96.9 Å². The van der Waals surface area contributed by atoms with Gasteiger partial charge in [-0.2, -0.15) is 0 Å². The minimum absolute atomic E-state index is 0.0724. The number of ether oxygens (including phenoxy) is 2. The van der Waals surface area contributed by atoms with E-state index in [1.165, 1.54) is 6.42 Å². The fraction of sp³-hybridized carbons (Fsp3) is 0.784. The molecule has 0 fully saturated rings. The molecular formula is C37H66N2O6. The van der Waals surface area contributed by atoms with Crippen molar-refractivity contribution in [2.24, 2.45) is 11.8 Å². The van der Waals surface area contributed by atoms with Gasteiger partial charge in [0.2, 0.25) is 5.91 Å². The van der Waals surface area contributed by atoms with Crippen LogP contribution >= 0.6 is 0 Å². The zero-order chi connectivity index (χ0) is 34.3. The second-order valence-corrected chi connectivity index (χ2v) is 14.1. The van der Waals surface area contributed by atoms with Crippen molar-refractivity contribution < 1.29 is 28.7 Å². The predicted molar refractivity (Wildman–Crippen MR) is 184 cm³/mol. The molecule has 0 aromatic heterocycles. The number of hydrogen-bond donors (Lipinski definition) is 2. The fourth-order valence-corrected chi connectivity index (χ4v) is 4.99. The standard InChI is InChI=1S/C37H66N2O6/c1-10-12-14-16-17-18-19-20-22-24-26-30(25-23-21-15-13-11-2)32(28-40)44-34(42)37(8,9)39-33(41)31(27-29(3)4)38-35(43)45-36(5,6)7/h12,14,17-18,28-32H,10-11,13,15-16,19-27H2,1-9H3,(H,38,43)(H,39,41)/t30?,31-,32?/m0/s1. The van der Waals surface area contributed by atoms with Crippen LogP contribution in [0.15, 0.2) is 24.3 Å². The summed E-state index contributed by atoms with van der Waals surface area (Å²) < 4.78 is 11.1. The Kier molecular flexibility index (Phi) is 22.3. The summed E-state index contributed by atoms with van der Waals surface area (Å²) in [7, 11) is 0. The molecule has 0 rings (SSSR count). The Hall–Kier alpha value is -2.64. The van der Waals surface area contributed by atoms with Gasteiger partial charge < -0.3 is 20.1 Å². The Morgan fingerprint density at radius 2 is 1.40 bits per heavy atom. The summed E-state index contributed by atoms with van der Waals surface area (Å²) in [6.07, 6.45) is 21.6. The number of carbonyl (C=O) groups excluding carboxylic acids is 4.